The van der Waals surface area contributed by atoms with E-state index in [-0.39, 0.29) is 40.9 Å². The number of hydrogen-bond acceptors (Lipinski definition) is 16. The average Bonchev–Trinajstić information content (AvgIpc) is 3.44. The average molecular weight is 650 g/mol. The van der Waals surface area contributed by atoms with Crippen molar-refractivity contribution in [1.82, 2.24) is 30.2 Å². The number of aliphatic hydroxyl groups excluding tert-OH is 1. The fraction of sp³-hybridized carbons (Fsp3) is 0.550. The molecular weight excluding hydrogens is 623 g/mol. The first kappa shape index (κ1) is 32.3. The van der Waals surface area contributed by atoms with Crippen LogP contribution in [0.25, 0.3) is 11.2 Å². The van der Waals surface area contributed by atoms with Gasteiger partial charge < -0.3 is 56.1 Å². The first-order valence-corrected chi connectivity index (χ1v) is 14.8. The number of fused-ring (bicyclic) bond motifs is 2. The van der Waals surface area contributed by atoms with Crippen molar-refractivity contribution in [3.8, 4) is 0 Å². The minimum absolute atomic E-state index is 0.106. The summed E-state index contributed by atoms with van der Waals surface area (Å²) >= 11 is 0.748. The number of carboxylic acid groups (broad SMARTS) is 2. The van der Waals surface area contributed by atoms with E-state index in [9.17, 15) is 38.5 Å². The van der Waals surface area contributed by atoms with Crippen molar-refractivity contribution in [1.29, 1.82) is 0 Å². The highest BCUT2D eigenvalue weighted by Gasteiger charge is 2.51. The summed E-state index contributed by atoms with van der Waals surface area (Å²) < 4.78 is 28.2. The number of phosphoric ester groups is 1. The molecule has 0 aromatic carbocycles. The molecule has 21 nitrogen and oxygen atoms in total. The Kier molecular flexibility index (Phi) is 9.71. The van der Waals surface area contributed by atoms with Crippen LogP contribution in [0.5, 0.6) is 0 Å². The number of anilines is 1. The van der Waals surface area contributed by atoms with Gasteiger partial charge in [-0.05, 0) is 6.42 Å². The number of aliphatic carboxylic acids is 2. The normalized spacial score (nSPS) is 26.4. The second-order valence-electron chi connectivity index (χ2n) is 9.28. The number of rotatable bonds is 12. The van der Waals surface area contributed by atoms with E-state index >= 15 is 0 Å². The maximum atomic E-state index is 12.8. The number of aliphatic hydroxyl groups is 1. The minimum atomic E-state index is -4.73. The van der Waals surface area contributed by atoms with Gasteiger partial charge in [0.1, 0.15) is 36.9 Å². The van der Waals surface area contributed by atoms with Crippen LogP contribution in [0.3, 0.4) is 0 Å². The van der Waals surface area contributed by atoms with Crippen molar-refractivity contribution in [2.75, 3.05) is 24.6 Å². The number of carbonyl (C=O) groups excluding carboxylic acids is 2. The van der Waals surface area contributed by atoms with Gasteiger partial charge in [0.05, 0.1) is 6.61 Å². The third kappa shape index (κ3) is 7.48. The smallest absolute Gasteiger partial charge is 0.322 e. The number of nitrogens with zero attached hydrogens (tertiary/aromatic N) is 3. The topological polar surface area (TPSA) is 336 Å². The molecule has 0 radical (unpaired) electrons. The molecule has 2 saturated heterocycles. The van der Waals surface area contributed by atoms with E-state index < -0.39 is 86.9 Å². The van der Waals surface area contributed by atoms with Crippen LogP contribution in [0.2, 0.25) is 0 Å². The highest BCUT2D eigenvalue weighted by molar-refractivity contribution is 7.99. The second kappa shape index (κ2) is 12.9. The lowest BCUT2D eigenvalue weighted by atomic mass is 10.1. The lowest BCUT2D eigenvalue weighted by molar-refractivity contribution is -0.245. The molecule has 1 unspecified atom stereocenters. The summed E-state index contributed by atoms with van der Waals surface area (Å²) in [7, 11) is -4.73. The van der Waals surface area contributed by atoms with Crippen LogP contribution in [-0.2, 0) is 37.5 Å². The Morgan fingerprint density at radius 3 is 2.67 bits per heavy atom. The van der Waals surface area contributed by atoms with E-state index in [4.69, 9.17) is 30.9 Å². The molecule has 2 aromatic heterocycles. The summed E-state index contributed by atoms with van der Waals surface area (Å²) in [6.45, 7) is -1.26. The number of nitrogens with one attached hydrogen (secondary N) is 3. The van der Waals surface area contributed by atoms with E-state index in [1.807, 2.05) is 0 Å². The van der Waals surface area contributed by atoms with Gasteiger partial charge in [-0.1, -0.05) is 11.8 Å². The van der Waals surface area contributed by atoms with Crippen molar-refractivity contribution in [3.63, 3.8) is 0 Å². The molecule has 2 amide bonds. The predicted octanol–water partition coefficient (Wildman–Crippen LogP) is -4.19. The van der Waals surface area contributed by atoms with Crippen molar-refractivity contribution in [2.24, 2.45) is 5.73 Å². The lowest BCUT2D eigenvalue weighted by Crippen LogP contribution is -2.49. The molecule has 0 saturated carbocycles. The molecule has 236 valence electrons. The molecule has 4 heterocycles. The quantitative estimate of drug-likeness (QED) is 0.0798. The van der Waals surface area contributed by atoms with Crippen molar-refractivity contribution in [3.05, 3.63) is 10.4 Å². The maximum Gasteiger partial charge on any atom is 0.322 e. The van der Waals surface area contributed by atoms with Crippen LogP contribution in [0.4, 0.5) is 5.95 Å². The van der Waals surface area contributed by atoms with Crippen molar-refractivity contribution in [2.45, 2.75) is 54.6 Å². The van der Waals surface area contributed by atoms with Gasteiger partial charge in [-0.3, -0.25) is 38.1 Å². The largest absolute Gasteiger partial charge is 0.756 e. The number of thioether (sulfide) groups is 1. The van der Waals surface area contributed by atoms with Gasteiger partial charge in [-0.15, -0.1) is 0 Å². The van der Waals surface area contributed by atoms with Crippen LogP contribution in [0.15, 0.2) is 9.95 Å². The van der Waals surface area contributed by atoms with E-state index in [0.717, 1.165) is 16.3 Å². The second-order valence-corrected chi connectivity index (χ2v) is 11.6. The number of H-pyrrole nitrogens is 1. The van der Waals surface area contributed by atoms with Crippen molar-refractivity contribution >= 4 is 60.4 Å². The number of aromatic amines is 1. The number of nitrogens with two attached hydrogens (primary N) is 2. The molecule has 0 aliphatic carbocycles. The Hall–Kier alpha value is -3.63. The molecule has 4 rings (SSSR count). The number of ether oxygens (including phenoxy) is 1. The zero-order valence-corrected chi connectivity index (χ0v) is 23.5. The molecule has 2 aromatic rings. The number of imidazole rings is 1. The molecule has 2 aliphatic heterocycles. The van der Waals surface area contributed by atoms with Crippen LogP contribution in [0.1, 0.15) is 19.1 Å². The number of nitrogen functional groups attached to an aromatic ring is 1. The predicted molar refractivity (Wildman–Crippen MR) is 139 cm³/mol. The number of carbonyl (C=O) groups is 4. The molecule has 2 aliphatic rings. The van der Waals surface area contributed by atoms with E-state index in [1.54, 1.807) is 0 Å². The molecule has 2 fully saturated rings. The Balaban J connectivity index is 1.62. The van der Waals surface area contributed by atoms with Crippen molar-refractivity contribution < 1.29 is 57.7 Å². The highest BCUT2D eigenvalue weighted by atomic mass is 32.2. The molecule has 7 atom stereocenters. The summed E-state index contributed by atoms with van der Waals surface area (Å²) in [5.41, 5.74) is 9.87. The van der Waals surface area contributed by atoms with Crippen LogP contribution >= 0.6 is 19.6 Å². The van der Waals surface area contributed by atoms with Gasteiger partial charge in [-0.2, -0.15) is 4.98 Å². The van der Waals surface area contributed by atoms with Gasteiger partial charge in [0.25, 0.3) is 13.4 Å². The Bertz CT molecular complexity index is 1530. The molecule has 23 heteroatoms. The third-order valence-electron chi connectivity index (χ3n) is 6.19. The third-order valence-corrected chi connectivity index (χ3v) is 8.21. The van der Waals surface area contributed by atoms with Gasteiger partial charge >= 0.3 is 11.9 Å². The number of amides is 2. The van der Waals surface area contributed by atoms with Gasteiger partial charge in [-0.25, -0.2) is 4.98 Å². The van der Waals surface area contributed by atoms with Crippen LogP contribution in [0, 0.1) is 0 Å². The number of aromatic nitrogens is 4. The van der Waals surface area contributed by atoms with E-state index in [1.165, 1.54) is 0 Å². The van der Waals surface area contributed by atoms with Gasteiger partial charge in [0.15, 0.2) is 22.5 Å². The fourth-order valence-electron chi connectivity index (χ4n) is 4.16. The zero-order chi connectivity index (χ0) is 31.6. The Labute approximate surface area is 243 Å². The molecule has 0 bridgehead atoms. The van der Waals surface area contributed by atoms with Gasteiger partial charge in [0, 0.05) is 12.2 Å². The maximum absolute atomic E-state index is 12.8. The van der Waals surface area contributed by atoms with Crippen LogP contribution in [-0.4, -0.2) is 108 Å². The van der Waals surface area contributed by atoms with E-state index in [0.29, 0.717) is 0 Å². The molecule has 43 heavy (non-hydrogen) atoms. The zero-order valence-electron chi connectivity index (χ0n) is 21.8. The Morgan fingerprint density at radius 1 is 1.28 bits per heavy atom. The SMILES string of the molecule is Nc1nc2c(nc(SC[C@H](NC(=O)CC[C@H](N)C(=O)O)C(=O)NCC(=O)O)n2[C@@H]2O[C@@H]3COP(=O)([O-])O[C@H]3[C@H]2O)c(=O)[nH]1. The van der Waals surface area contributed by atoms with Crippen LogP contribution < -0.4 is 32.6 Å². The first-order chi connectivity index (χ1) is 20.2. The fourth-order valence-corrected chi connectivity index (χ4v) is 6.14. The molecule has 10 N–H and O–H groups in total. The van der Waals surface area contributed by atoms with E-state index in [2.05, 4.69) is 30.1 Å². The summed E-state index contributed by atoms with van der Waals surface area (Å²) in [6, 6.07) is -2.76. The number of hydrogen-bond donors (Lipinski definition) is 8. The first-order valence-electron chi connectivity index (χ1n) is 12.3. The monoisotopic (exact) mass is 649 g/mol. The summed E-state index contributed by atoms with van der Waals surface area (Å²) in [6.07, 6.45) is -6.18. The summed E-state index contributed by atoms with van der Waals surface area (Å²) in [5, 5.41) is 33.2. The van der Waals surface area contributed by atoms with Gasteiger partial charge in [0.2, 0.25) is 17.8 Å². The Morgan fingerprint density at radius 2 is 2.00 bits per heavy atom. The number of carboxylic acids is 2. The highest BCUT2D eigenvalue weighted by Crippen LogP contribution is 2.50. The summed E-state index contributed by atoms with van der Waals surface area (Å²) in [4.78, 5) is 82.1. The lowest BCUT2D eigenvalue weighted by Gasteiger charge is -2.34. The molecule has 0 spiro atoms. The number of phosphoric acid groups is 1. The minimum Gasteiger partial charge on any atom is -0.756 e. The molecular formula is C20H26N8O13PS-. The standard InChI is InChI=1S/C20H27N8O13PS/c21-6(18(35)36)1-2-9(29)24-7(15(33)23-3-10(30)31)5-43-20-25-11-14(26-19(22)27-16(11)34)28(20)17-12(32)13-8(40-17)4-39-42(37,38)41-13/h6-8,12-13,17,32H,1-5,21H2,(H,23,33)(H,24,29)(H,30,31)(H,35,36)(H,37,38)(H3,22,26,27,34)/p-1/t6-,7-,8+,12+,13+,17+/m0/s1. The summed E-state index contributed by atoms with van der Waals surface area (Å²) in [5.74, 6) is -5.08.